The van der Waals surface area contributed by atoms with Gasteiger partial charge in [0, 0.05) is 6.07 Å². The number of β-lactam (4-membered cyclic amide) rings is 1. The highest BCUT2D eigenvalue weighted by Crippen LogP contribution is 2.44. The topological polar surface area (TPSA) is 92.9 Å². The minimum Gasteiger partial charge on any atom is -0.478 e. The van der Waals surface area contributed by atoms with Gasteiger partial charge >= 0.3 is 5.97 Å². The van der Waals surface area contributed by atoms with E-state index in [9.17, 15) is 19.1 Å². The maximum atomic E-state index is 13.3. The second kappa shape index (κ2) is 5.13. The first-order valence-corrected chi connectivity index (χ1v) is 7.69. The number of carboxylic acids is 1. The van der Waals surface area contributed by atoms with E-state index < -0.39 is 28.7 Å². The second-order valence-electron chi connectivity index (χ2n) is 5.41. The molecular formula is C14H15FN2O4S. The third-order valence-electron chi connectivity index (χ3n) is 4.05. The lowest BCUT2D eigenvalue weighted by atomic mass is 9.94. The SMILES string of the molecule is CC1S[C@@H]2C(N)C(=O)N2CC1(Oc1cccc(F)c1)C(=O)O. The molecule has 0 spiro atoms. The maximum Gasteiger partial charge on any atom is 0.351 e. The Labute approximate surface area is 130 Å². The van der Waals surface area contributed by atoms with Gasteiger partial charge in [-0.2, -0.15) is 0 Å². The number of nitrogens with two attached hydrogens (primary N) is 1. The fourth-order valence-corrected chi connectivity index (χ4v) is 4.19. The molecule has 6 nitrogen and oxygen atoms in total. The molecule has 0 aliphatic carbocycles. The van der Waals surface area contributed by atoms with Gasteiger partial charge in [0.15, 0.2) is 0 Å². The number of hydrogen-bond donors (Lipinski definition) is 2. The lowest BCUT2D eigenvalue weighted by Gasteiger charge is -2.54. The van der Waals surface area contributed by atoms with E-state index in [1.165, 1.54) is 34.9 Å². The van der Waals surface area contributed by atoms with Crippen LogP contribution in [0.15, 0.2) is 24.3 Å². The van der Waals surface area contributed by atoms with Crippen LogP contribution in [0.5, 0.6) is 5.75 Å². The summed E-state index contributed by atoms with van der Waals surface area (Å²) in [6, 6.07) is 4.69. The molecule has 3 unspecified atom stereocenters. The Hall–Kier alpha value is -1.80. The second-order valence-corrected chi connectivity index (χ2v) is 6.88. The highest BCUT2D eigenvalue weighted by molar-refractivity contribution is 8.00. The molecule has 0 aromatic heterocycles. The Bertz CT molecular complexity index is 643. The molecule has 0 radical (unpaired) electrons. The Kier molecular flexibility index (Phi) is 3.53. The number of nitrogens with zero attached hydrogens (tertiary/aromatic N) is 1. The van der Waals surface area contributed by atoms with Gasteiger partial charge in [-0.05, 0) is 19.1 Å². The van der Waals surface area contributed by atoms with Crippen LogP contribution in [-0.4, -0.2) is 50.7 Å². The van der Waals surface area contributed by atoms with Crippen molar-refractivity contribution in [3.05, 3.63) is 30.1 Å². The molecule has 3 N–H and O–H groups in total. The summed E-state index contributed by atoms with van der Waals surface area (Å²) >= 11 is 1.29. The van der Waals surface area contributed by atoms with Gasteiger partial charge in [-0.1, -0.05) is 6.07 Å². The van der Waals surface area contributed by atoms with Gasteiger partial charge in [-0.3, -0.25) is 4.79 Å². The van der Waals surface area contributed by atoms with E-state index in [1.54, 1.807) is 6.92 Å². The molecule has 2 saturated heterocycles. The first-order chi connectivity index (χ1) is 10.3. The molecule has 0 bridgehead atoms. The van der Waals surface area contributed by atoms with Crippen molar-refractivity contribution in [1.29, 1.82) is 0 Å². The molecule has 22 heavy (non-hydrogen) atoms. The van der Waals surface area contributed by atoms with Crippen molar-refractivity contribution in [2.45, 2.75) is 29.2 Å². The van der Waals surface area contributed by atoms with Gasteiger partial charge in [0.2, 0.25) is 11.5 Å². The molecule has 2 aliphatic rings. The van der Waals surface area contributed by atoms with Crippen LogP contribution < -0.4 is 10.5 Å². The van der Waals surface area contributed by atoms with Crippen LogP contribution in [0.2, 0.25) is 0 Å². The molecule has 2 fully saturated rings. The zero-order valence-electron chi connectivity index (χ0n) is 11.7. The van der Waals surface area contributed by atoms with Gasteiger partial charge in [0.1, 0.15) is 23.0 Å². The van der Waals surface area contributed by atoms with Crippen molar-refractivity contribution in [2.75, 3.05) is 6.54 Å². The van der Waals surface area contributed by atoms with Crippen LogP contribution in [-0.2, 0) is 9.59 Å². The summed E-state index contributed by atoms with van der Waals surface area (Å²) in [5, 5.41) is 8.99. The number of fused-ring (bicyclic) bond motifs is 1. The fraction of sp³-hybridized carbons (Fsp3) is 0.429. The van der Waals surface area contributed by atoms with E-state index in [0.29, 0.717) is 0 Å². The molecule has 2 aliphatic heterocycles. The zero-order chi connectivity index (χ0) is 16.1. The highest BCUT2D eigenvalue weighted by Gasteiger charge is 2.60. The van der Waals surface area contributed by atoms with Crippen LogP contribution in [0.4, 0.5) is 4.39 Å². The molecule has 3 rings (SSSR count). The molecular weight excluding hydrogens is 311 g/mol. The molecule has 1 aromatic carbocycles. The van der Waals surface area contributed by atoms with Crippen molar-refractivity contribution in [1.82, 2.24) is 4.90 Å². The van der Waals surface area contributed by atoms with Crippen molar-refractivity contribution >= 4 is 23.6 Å². The smallest absolute Gasteiger partial charge is 0.351 e. The molecule has 8 heteroatoms. The molecule has 118 valence electrons. The lowest BCUT2D eigenvalue weighted by molar-refractivity contribution is -0.165. The van der Waals surface area contributed by atoms with Crippen molar-refractivity contribution in [2.24, 2.45) is 5.73 Å². The average Bonchev–Trinajstić information content (AvgIpc) is 2.48. The predicted molar refractivity (Wildman–Crippen MR) is 77.9 cm³/mol. The van der Waals surface area contributed by atoms with Crippen molar-refractivity contribution in [3.8, 4) is 5.75 Å². The van der Waals surface area contributed by atoms with Gasteiger partial charge in [-0.25, -0.2) is 9.18 Å². The normalized spacial score (nSPS) is 33.9. The first-order valence-electron chi connectivity index (χ1n) is 6.74. The Morgan fingerprint density at radius 1 is 1.59 bits per heavy atom. The van der Waals surface area contributed by atoms with Crippen molar-refractivity contribution in [3.63, 3.8) is 0 Å². The predicted octanol–water partition coefficient (Wildman–Crippen LogP) is 0.659. The number of aliphatic carboxylic acids is 1. The quantitative estimate of drug-likeness (QED) is 0.793. The summed E-state index contributed by atoms with van der Waals surface area (Å²) in [6.07, 6.45) is 0. The number of thioether (sulfide) groups is 1. The average molecular weight is 326 g/mol. The minimum atomic E-state index is -1.63. The maximum absolute atomic E-state index is 13.3. The van der Waals surface area contributed by atoms with Gasteiger partial charge in [0.05, 0.1) is 11.8 Å². The highest BCUT2D eigenvalue weighted by atomic mass is 32.2. The van der Waals surface area contributed by atoms with Crippen LogP contribution in [0, 0.1) is 5.82 Å². The molecule has 1 aromatic rings. The first kappa shape index (κ1) is 15.1. The van der Waals surface area contributed by atoms with Gasteiger partial charge in [0.25, 0.3) is 0 Å². The van der Waals surface area contributed by atoms with E-state index in [-0.39, 0.29) is 23.6 Å². The van der Waals surface area contributed by atoms with Crippen LogP contribution in [0.25, 0.3) is 0 Å². The molecule has 2 heterocycles. The minimum absolute atomic E-state index is 0.107. The summed E-state index contributed by atoms with van der Waals surface area (Å²) in [5.41, 5.74) is 4.09. The Morgan fingerprint density at radius 2 is 2.32 bits per heavy atom. The fourth-order valence-electron chi connectivity index (χ4n) is 2.72. The van der Waals surface area contributed by atoms with Gasteiger partial charge < -0.3 is 20.5 Å². The van der Waals surface area contributed by atoms with Crippen LogP contribution in [0.3, 0.4) is 0 Å². The Morgan fingerprint density at radius 3 is 2.95 bits per heavy atom. The number of carbonyl (C=O) groups excluding carboxylic acids is 1. The third kappa shape index (κ3) is 2.14. The number of ether oxygens (including phenoxy) is 1. The number of halogens is 1. The number of benzene rings is 1. The number of hydrogen-bond acceptors (Lipinski definition) is 5. The van der Waals surface area contributed by atoms with E-state index in [2.05, 4.69) is 0 Å². The number of amides is 1. The van der Waals surface area contributed by atoms with Crippen molar-refractivity contribution < 1.29 is 23.8 Å². The summed E-state index contributed by atoms with van der Waals surface area (Å²) in [7, 11) is 0. The summed E-state index contributed by atoms with van der Waals surface area (Å²) < 4.78 is 18.9. The largest absolute Gasteiger partial charge is 0.478 e. The summed E-state index contributed by atoms with van der Waals surface area (Å²) in [5.74, 6) is -1.89. The van der Waals surface area contributed by atoms with Gasteiger partial charge in [-0.15, -0.1) is 11.8 Å². The zero-order valence-corrected chi connectivity index (χ0v) is 12.5. The monoisotopic (exact) mass is 326 g/mol. The Balaban J connectivity index is 1.91. The summed E-state index contributed by atoms with van der Waals surface area (Å²) in [4.78, 5) is 25.0. The number of carboxylic acid groups (broad SMARTS) is 1. The lowest BCUT2D eigenvalue weighted by Crippen LogP contribution is -2.76. The summed E-state index contributed by atoms with van der Waals surface area (Å²) in [6.45, 7) is 1.61. The van der Waals surface area contributed by atoms with Crippen LogP contribution >= 0.6 is 11.8 Å². The molecule has 0 saturated carbocycles. The number of rotatable bonds is 3. The van der Waals surface area contributed by atoms with E-state index in [1.807, 2.05) is 0 Å². The third-order valence-corrected chi connectivity index (χ3v) is 5.66. The van der Waals surface area contributed by atoms with E-state index >= 15 is 0 Å². The van der Waals surface area contributed by atoms with E-state index in [0.717, 1.165) is 6.07 Å². The molecule has 1 amide bonds. The standard InChI is InChI=1S/C14H15FN2O4S/c1-7-14(13(19)20,21-9-4-2-3-8(15)5-9)6-17-11(18)10(16)12(17)22-7/h2-5,7,10,12H,6,16H2,1H3,(H,19,20)/t7?,10?,12-,14?/m1/s1. The van der Waals surface area contributed by atoms with E-state index in [4.69, 9.17) is 10.5 Å². The molecule has 4 atom stereocenters. The number of carbonyl (C=O) groups is 2. The van der Waals surface area contributed by atoms with Crippen LogP contribution in [0.1, 0.15) is 6.92 Å².